The Morgan fingerprint density at radius 1 is 0.457 bits per heavy atom. The summed E-state index contributed by atoms with van der Waals surface area (Å²) in [7, 11) is 3.31. The van der Waals surface area contributed by atoms with Crippen LogP contribution in [0.2, 0.25) is 0 Å². The molecule has 3 rings (SSSR count). The molecule has 3 aromatic carbocycles. The van der Waals surface area contributed by atoms with Crippen LogP contribution in [0.25, 0.3) is 0 Å². The van der Waals surface area contributed by atoms with E-state index < -0.39 is 0 Å². The molecule has 0 saturated carbocycles. The molecule has 0 aliphatic heterocycles. The normalized spacial score (nSPS) is 10.8. The molecule has 0 aliphatic carbocycles. The first-order valence-electron chi connectivity index (χ1n) is 11.8. The first-order valence-corrected chi connectivity index (χ1v) is 11.8. The lowest BCUT2D eigenvalue weighted by Gasteiger charge is -2.25. The van der Waals surface area contributed by atoms with E-state index in [0.29, 0.717) is 52.9 Å². The first-order chi connectivity index (χ1) is 17.3. The molecule has 0 spiro atoms. The fourth-order valence-electron chi connectivity index (χ4n) is 3.33. The number of methoxy groups -OCH3 is 2. The van der Waals surface area contributed by atoms with Gasteiger partial charge in [0.05, 0.1) is 39.6 Å². The monoisotopic (exact) mass is 481 g/mol. The lowest BCUT2D eigenvalue weighted by Crippen LogP contribution is -2.11. The van der Waals surface area contributed by atoms with Crippen molar-refractivity contribution in [3.63, 3.8) is 0 Å². The predicted molar refractivity (Wildman–Crippen MR) is 138 cm³/mol. The molecule has 0 unspecified atom stereocenters. The second kappa shape index (κ2) is 15.7. The zero-order valence-corrected chi connectivity index (χ0v) is 20.6. The number of rotatable bonds is 17. The van der Waals surface area contributed by atoms with E-state index in [0.717, 1.165) is 28.6 Å². The molecule has 0 bridgehead atoms. The van der Waals surface area contributed by atoms with Crippen LogP contribution >= 0.6 is 0 Å². The van der Waals surface area contributed by atoms with Crippen molar-refractivity contribution in [2.24, 2.45) is 0 Å². The van der Waals surface area contributed by atoms with E-state index in [-0.39, 0.29) is 0 Å². The minimum atomic E-state index is 0.490. The van der Waals surface area contributed by atoms with Gasteiger partial charge in [-0.15, -0.1) is 0 Å². The highest BCUT2D eigenvalue weighted by atomic mass is 16.5. The summed E-state index contributed by atoms with van der Waals surface area (Å²) in [5.41, 5.74) is 3.12. The fraction of sp³-hybridized carbons (Fsp3) is 0.357. The molecule has 7 heteroatoms. The highest BCUT2D eigenvalue weighted by molar-refractivity contribution is 5.76. The minimum absolute atomic E-state index is 0.490. The number of nitrogens with zero attached hydrogens (tertiary/aromatic N) is 1. The number of anilines is 3. The zero-order valence-electron chi connectivity index (χ0n) is 20.6. The Labute approximate surface area is 208 Å². The van der Waals surface area contributed by atoms with Crippen molar-refractivity contribution in [1.29, 1.82) is 0 Å². The van der Waals surface area contributed by atoms with Gasteiger partial charge in [0, 0.05) is 31.3 Å². The van der Waals surface area contributed by atoms with Gasteiger partial charge in [-0.3, -0.25) is 0 Å². The van der Waals surface area contributed by atoms with Gasteiger partial charge in [-0.1, -0.05) is 18.2 Å². The fourth-order valence-corrected chi connectivity index (χ4v) is 3.33. The summed E-state index contributed by atoms with van der Waals surface area (Å²) < 4.78 is 32.4. The van der Waals surface area contributed by atoms with Crippen LogP contribution in [0.3, 0.4) is 0 Å². The average Bonchev–Trinajstić information content (AvgIpc) is 2.90. The summed E-state index contributed by atoms with van der Waals surface area (Å²) in [5, 5.41) is 0. The second-order valence-corrected chi connectivity index (χ2v) is 7.57. The van der Waals surface area contributed by atoms with Crippen LogP contribution in [-0.2, 0) is 18.9 Å². The maximum absolute atomic E-state index is 5.80. The highest BCUT2D eigenvalue weighted by Gasteiger charge is 2.12. The van der Waals surface area contributed by atoms with Crippen LogP contribution in [0, 0.1) is 0 Å². The van der Waals surface area contributed by atoms with Gasteiger partial charge in [-0.25, -0.2) is 0 Å². The summed E-state index contributed by atoms with van der Waals surface area (Å²) in [6, 6.07) is 26.4. The third-order valence-electron chi connectivity index (χ3n) is 5.06. The third-order valence-corrected chi connectivity index (χ3v) is 5.06. The van der Waals surface area contributed by atoms with Gasteiger partial charge in [0.15, 0.2) is 0 Å². The lowest BCUT2D eigenvalue weighted by molar-refractivity contribution is 0.0544. The summed E-state index contributed by atoms with van der Waals surface area (Å²) in [4.78, 5) is 2.19. The van der Waals surface area contributed by atoms with Crippen molar-refractivity contribution < 1.29 is 28.4 Å². The molecule has 188 valence electrons. The molecule has 0 heterocycles. The molecule has 0 aliphatic rings. The quantitative estimate of drug-likeness (QED) is 0.244. The summed E-state index contributed by atoms with van der Waals surface area (Å²) >= 11 is 0. The van der Waals surface area contributed by atoms with Gasteiger partial charge in [-0.05, 0) is 60.7 Å². The smallest absolute Gasteiger partial charge is 0.119 e. The van der Waals surface area contributed by atoms with Crippen molar-refractivity contribution in [2.75, 3.05) is 72.0 Å². The molecule has 35 heavy (non-hydrogen) atoms. The van der Waals surface area contributed by atoms with E-state index in [4.69, 9.17) is 28.4 Å². The van der Waals surface area contributed by atoms with E-state index in [2.05, 4.69) is 41.3 Å². The summed E-state index contributed by atoms with van der Waals surface area (Å²) in [6.45, 7) is 4.33. The van der Waals surface area contributed by atoms with E-state index in [1.165, 1.54) is 0 Å². The predicted octanol–water partition coefficient (Wildman–Crippen LogP) is 5.24. The molecule has 0 fully saturated rings. The van der Waals surface area contributed by atoms with Gasteiger partial charge < -0.3 is 33.3 Å². The Bertz CT molecular complexity index is 874. The number of hydrogen-bond donors (Lipinski definition) is 0. The molecule has 0 atom stereocenters. The number of para-hydroxylation sites is 1. The lowest BCUT2D eigenvalue weighted by atomic mass is 10.2. The van der Waals surface area contributed by atoms with Gasteiger partial charge >= 0.3 is 0 Å². The highest BCUT2D eigenvalue weighted by Crippen LogP contribution is 2.35. The molecule has 0 amide bonds. The largest absolute Gasteiger partial charge is 0.491 e. The zero-order chi connectivity index (χ0) is 24.6. The number of benzene rings is 3. The molecule has 3 aromatic rings. The second-order valence-electron chi connectivity index (χ2n) is 7.57. The van der Waals surface area contributed by atoms with Crippen molar-refractivity contribution in [3.05, 3.63) is 78.9 Å². The minimum Gasteiger partial charge on any atom is -0.491 e. The Morgan fingerprint density at radius 3 is 1.29 bits per heavy atom. The summed E-state index contributed by atoms with van der Waals surface area (Å²) in [5.74, 6) is 1.60. The molecule has 0 saturated heterocycles. The molecule has 0 aromatic heterocycles. The summed E-state index contributed by atoms with van der Waals surface area (Å²) in [6.07, 6.45) is 0. The Balaban J connectivity index is 1.62. The van der Waals surface area contributed by atoms with Crippen molar-refractivity contribution in [3.8, 4) is 11.5 Å². The van der Waals surface area contributed by atoms with E-state index in [1.54, 1.807) is 14.2 Å². The van der Waals surface area contributed by atoms with Crippen molar-refractivity contribution in [2.45, 2.75) is 0 Å². The molecule has 7 nitrogen and oxygen atoms in total. The first kappa shape index (κ1) is 26.5. The molecular weight excluding hydrogens is 446 g/mol. The Hall–Kier alpha value is -3.10. The van der Waals surface area contributed by atoms with E-state index in [9.17, 15) is 0 Å². The Morgan fingerprint density at radius 2 is 0.857 bits per heavy atom. The van der Waals surface area contributed by atoms with Crippen LogP contribution in [-0.4, -0.2) is 67.1 Å². The third kappa shape index (κ3) is 9.22. The van der Waals surface area contributed by atoms with Gasteiger partial charge in [-0.2, -0.15) is 0 Å². The SMILES string of the molecule is COCCOCCOc1ccc(N(c2ccccc2)c2ccc(OCCOCCOC)cc2)cc1. The van der Waals surface area contributed by atoms with Crippen LogP contribution in [0.15, 0.2) is 78.9 Å². The number of hydrogen-bond acceptors (Lipinski definition) is 7. The van der Waals surface area contributed by atoms with Crippen LogP contribution in [0.1, 0.15) is 0 Å². The molecule has 0 radical (unpaired) electrons. The van der Waals surface area contributed by atoms with Gasteiger partial charge in [0.1, 0.15) is 24.7 Å². The number of ether oxygens (including phenoxy) is 6. The van der Waals surface area contributed by atoms with Gasteiger partial charge in [0.2, 0.25) is 0 Å². The van der Waals surface area contributed by atoms with Crippen LogP contribution in [0.4, 0.5) is 17.1 Å². The molecular formula is C28H35NO6. The standard InChI is InChI=1S/C28H35NO6/c1-30-16-18-32-20-22-34-27-12-8-25(9-13-27)29(24-6-4-3-5-7-24)26-10-14-28(15-11-26)35-23-21-33-19-17-31-2/h3-15H,16-23H2,1-2H3. The van der Waals surface area contributed by atoms with Crippen molar-refractivity contribution >= 4 is 17.1 Å². The van der Waals surface area contributed by atoms with Crippen LogP contribution in [0.5, 0.6) is 11.5 Å². The maximum Gasteiger partial charge on any atom is 0.119 e. The topological polar surface area (TPSA) is 58.6 Å². The van der Waals surface area contributed by atoms with Crippen LogP contribution < -0.4 is 14.4 Å². The maximum atomic E-state index is 5.80. The van der Waals surface area contributed by atoms with E-state index in [1.807, 2.05) is 42.5 Å². The van der Waals surface area contributed by atoms with Gasteiger partial charge in [0.25, 0.3) is 0 Å². The Kier molecular flexibility index (Phi) is 11.9. The van der Waals surface area contributed by atoms with Crippen molar-refractivity contribution in [1.82, 2.24) is 0 Å². The average molecular weight is 482 g/mol. The van der Waals surface area contributed by atoms with E-state index >= 15 is 0 Å². The molecule has 0 N–H and O–H groups in total.